The van der Waals surface area contributed by atoms with E-state index in [9.17, 15) is 8.78 Å². The number of hydrogen-bond acceptors (Lipinski definition) is 4. The maximum Gasteiger partial charge on any atom is 0.767 e. The van der Waals surface area contributed by atoms with E-state index in [-0.39, 0.29) is 33.5 Å². The lowest BCUT2D eigenvalue weighted by molar-refractivity contribution is 0.325. The predicted molar refractivity (Wildman–Crippen MR) is 109 cm³/mol. The van der Waals surface area contributed by atoms with Gasteiger partial charge in [0.05, 0.1) is 0 Å². The predicted octanol–water partition coefficient (Wildman–Crippen LogP) is 7.10. The van der Waals surface area contributed by atoms with Crippen molar-refractivity contribution in [1.29, 1.82) is 0 Å². The van der Waals surface area contributed by atoms with Gasteiger partial charge in [-0.1, -0.05) is 47.6 Å². The van der Waals surface area contributed by atoms with E-state index in [0.717, 1.165) is 11.1 Å². The largest absolute Gasteiger partial charge is 0.767 e. The lowest BCUT2D eigenvalue weighted by Gasteiger charge is -2.24. The van der Waals surface area contributed by atoms with Crippen molar-refractivity contribution in [2.45, 2.75) is 66.2 Å². The van der Waals surface area contributed by atoms with Crippen LogP contribution in [0.1, 0.15) is 63.8 Å². The van der Waals surface area contributed by atoms with Crippen molar-refractivity contribution in [3.63, 3.8) is 0 Å². The first kappa shape index (κ1) is 20.2. The van der Waals surface area contributed by atoms with Crippen molar-refractivity contribution in [2.75, 3.05) is 0 Å². The molecule has 0 radical (unpaired) electrons. The molecule has 0 atom stereocenters. The van der Waals surface area contributed by atoms with Gasteiger partial charge in [-0.2, -0.15) is 0 Å². The molecule has 7 heteroatoms. The Labute approximate surface area is 170 Å². The van der Waals surface area contributed by atoms with Crippen molar-refractivity contribution in [1.82, 2.24) is 0 Å². The van der Waals surface area contributed by atoms with Gasteiger partial charge in [0.25, 0.3) is 11.5 Å². The molecule has 156 valence electrons. The van der Waals surface area contributed by atoms with E-state index in [1.807, 2.05) is 6.07 Å². The zero-order valence-electron chi connectivity index (χ0n) is 18.0. The Hall–Kier alpha value is -2.07. The molecule has 0 fully saturated rings. The van der Waals surface area contributed by atoms with Gasteiger partial charge in [-0.25, -0.2) is 26.9 Å². The number of halogens is 2. The summed E-state index contributed by atoms with van der Waals surface area (Å²) < 4.78 is 53.0. The van der Waals surface area contributed by atoms with Crippen LogP contribution in [0.15, 0.2) is 12.1 Å². The SMILES string of the molecule is Cc1c(C)c(F)c2c(c1F)O[P+]1(Oc3cc(C(C)(C)C)cc(C(C)(C)C)c3O1)O2. The summed E-state index contributed by atoms with van der Waals surface area (Å²) in [5, 5.41) is 0. The first-order valence-corrected chi connectivity index (χ1v) is 11.0. The van der Waals surface area contributed by atoms with Gasteiger partial charge in [-0.3, -0.25) is 0 Å². The highest BCUT2D eigenvalue weighted by atomic mass is 31.2. The third-order valence-electron chi connectivity index (χ3n) is 5.37. The normalized spacial score (nSPS) is 16.6. The van der Waals surface area contributed by atoms with Crippen LogP contribution in [0.5, 0.6) is 23.0 Å². The number of fused-ring (bicyclic) bond motifs is 2. The summed E-state index contributed by atoms with van der Waals surface area (Å²) in [7, 11) is -3.50. The van der Waals surface area contributed by atoms with Gasteiger partial charge in [0.2, 0.25) is 11.5 Å². The summed E-state index contributed by atoms with van der Waals surface area (Å²) in [5.41, 5.74) is 1.96. The molecule has 0 saturated heterocycles. The summed E-state index contributed by atoms with van der Waals surface area (Å²) in [6, 6.07) is 3.97. The first-order chi connectivity index (χ1) is 13.2. The number of benzene rings is 2. The van der Waals surface area contributed by atoms with Crippen LogP contribution < -0.4 is 18.1 Å². The molecule has 0 aliphatic carbocycles. The average Bonchev–Trinajstić information content (AvgIpc) is 3.15. The van der Waals surface area contributed by atoms with Gasteiger partial charge >= 0.3 is 8.17 Å². The smallest absolute Gasteiger partial charge is 0.237 e. The van der Waals surface area contributed by atoms with Crippen LogP contribution in [0.3, 0.4) is 0 Å². The lowest BCUT2D eigenvalue weighted by atomic mass is 9.80. The van der Waals surface area contributed by atoms with Gasteiger partial charge in [-0.15, -0.1) is 0 Å². The van der Waals surface area contributed by atoms with Crippen molar-refractivity contribution in [2.24, 2.45) is 0 Å². The Morgan fingerprint density at radius 3 is 1.62 bits per heavy atom. The van der Waals surface area contributed by atoms with Gasteiger partial charge in [0.1, 0.15) is 0 Å². The van der Waals surface area contributed by atoms with Crippen molar-refractivity contribution in [3.8, 4) is 23.0 Å². The average molecular weight is 423 g/mol. The van der Waals surface area contributed by atoms with E-state index in [1.54, 1.807) is 0 Å². The van der Waals surface area contributed by atoms with Crippen LogP contribution in [0.4, 0.5) is 8.78 Å². The molecule has 4 nitrogen and oxygen atoms in total. The monoisotopic (exact) mass is 423 g/mol. The third-order valence-corrected chi connectivity index (χ3v) is 7.01. The molecule has 2 aromatic rings. The minimum absolute atomic E-state index is 0.126. The Kier molecular flexibility index (Phi) is 4.17. The topological polar surface area (TPSA) is 36.9 Å². The lowest BCUT2D eigenvalue weighted by Crippen LogP contribution is -2.16. The van der Waals surface area contributed by atoms with Crippen LogP contribution in [-0.4, -0.2) is 0 Å². The van der Waals surface area contributed by atoms with E-state index < -0.39 is 19.8 Å². The number of hydrogen-bond donors (Lipinski definition) is 0. The fourth-order valence-electron chi connectivity index (χ4n) is 3.35. The summed E-state index contributed by atoms with van der Waals surface area (Å²) in [5.74, 6) is -0.936. The van der Waals surface area contributed by atoms with Crippen molar-refractivity contribution in [3.05, 3.63) is 46.0 Å². The minimum Gasteiger partial charge on any atom is -0.237 e. The molecule has 0 saturated carbocycles. The Bertz CT molecular complexity index is 998. The fraction of sp³-hybridized carbons (Fsp3) is 0.455. The highest BCUT2D eigenvalue weighted by Gasteiger charge is 2.69. The fourth-order valence-corrected chi connectivity index (χ4v) is 5.14. The van der Waals surface area contributed by atoms with Crippen LogP contribution in [0.25, 0.3) is 0 Å². The summed E-state index contributed by atoms with van der Waals surface area (Å²) >= 11 is 0. The molecule has 0 unspecified atom stereocenters. The Morgan fingerprint density at radius 2 is 1.17 bits per heavy atom. The van der Waals surface area contributed by atoms with Crippen molar-refractivity contribution >= 4 is 8.17 Å². The summed E-state index contributed by atoms with van der Waals surface area (Å²) in [4.78, 5) is 0. The van der Waals surface area contributed by atoms with Crippen molar-refractivity contribution < 1.29 is 26.9 Å². The van der Waals surface area contributed by atoms with Gasteiger partial charge in [0.15, 0.2) is 11.6 Å². The summed E-state index contributed by atoms with van der Waals surface area (Å²) in [6.45, 7) is 15.5. The molecule has 0 bridgehead atoms. The van der Waals surface area contributed by atoms with E-state index in [0.29, 0.717) is 11.5 Å². The molecule has 1 spiro atoms. The highest BCUT2D eigenvalue weighted by Crippen LogP contribution is 2.74. The summed E-state index contributed by atoms with van der Waals surface area (Å²) in [6.07, 6.45) is 0. The molecule has 2 aliphatic heterocycles. The second kappa shape index (κ2) is 5.98. The third kappa shape index (κ3) is 3.04. The highest BCUT2D eigenvalue weighted by molar-refractivity contribution is 7.58. The quantitative estimate of drug-likeness (QED) is 0.424. The minimum atomic E-state index is -3.50. The van der Waals surface area contributed by atoms with E-state index >= 15 is 0 Å². The van der Waals surface area contributed by atoms with Gasteiger partial charge < -0.3 is 0 Å². The van der Waals surface area contributed by atoms with Crippen LogP contribution in [0, 0.1) is 25.5 Å². The van der Waals surface area contributed by atoms with Gasteiger partial charge in [-0.05, 0) is 47.4 Å². The molecule has 2 aromatic carbocycles. The molecule has 0 N–H and O–H groups in total. The van der Waals surface area contributed by atoms with E-state index in [4.69, 9.17) is 18.1 Å². The standard InChI is InChI=1S/C22H26F2O4P/c1-11-12(2)17(24)20-19(16(11)23)27-29(28-20)25-15-10-13(21(3,4)5)9-14(18(15)26-29)22(6,7)8/h9-10H,1-8H3/q+1. The second-order valence-corrected chi connectivity index (χ2v) is 11.3. The van der Waals surface area contributed by atoms with Crippen LogP contribution in [0.2, 0.25) is 0 Å². The maximum absolute atomic E-state index is 14.7. The molecule has 4 rings (SSSR count). The molecule has 29 heavy (non-hydrogen) atoms. The van der Waals surface area contributed by atoms with Crippen LogP contribution >= 0.6 is 8.17 Å². The molecular formula is C22H26F2O4P+. The van der Waals surface area contributed by atoms with Crippen LogP contribution in [-0.2, 0) is 10.8 Å². The maximum atomic E-state index is 14.7. The van der Waals surface area contributed by atoms with E-state index in [2.05, 4.69) is 47.6 Å². The number of rotatable bonds is 0. The first-order valence-electron chi connectivity index (χ1n) is 9.58. The Balaban J connectivity index is 1.82. The molecular weight excluding hydrogens is 397 g/mol. The zero-order valence-corrected chi connectivity index (χ0v) is 18.9. The van der Waals surface area contributed by atoms with E-state index in [1.165, 1.54) is 13.8 Å². The molecule has 2 heterocycles. The molecule has 2 aliphatic rings. The molecule has 0 aromatic heterocycles. The van der Waals surface area contributed by atoms with Gasteiger partial charge in [0, 0.05) is 5.56 Å². The zero-order chi connectivity index (χ0) is 21.5. The second-order valence-electron chi connectivity index (χ2n) is 9.70. The Morgan fingerprint density at radius 1 is 0.690 bits per heavy atom. The molecule has 0 amide bonds.